The summed E-state index contributed by atoms with van der Waals surface area (Å²) in [5, 5.41) is 5.90. The number of benzene rings is 1. The van der Waals surface area contributed by atoms with Gasteiger partial charge in [-0.1, -0.05) is 12.2 Å². The van der Waals surface area contributed by atoms with Crippen molar-refractivity contribution in [3.05, 3.63) is 33.8 Å². The van der Waals surface area contributed by atoms with Crippen LogP contribution >= 0.6 is 23.6 Å². The van der Waals surface area contributed by atoms with Crippen molar-refractivity contribution in [2.24, 2.45) is 0 Å². The summed E-state index contributed by atoms with van der Waals surface area (Å²) in [4.78, 5) is 16.4. The van der Waals surface area contributed by atoms with E-state index in [9.17, 15) is 4.79 Å². The van der Waals surface area contributed by atoms with Gasteiger partial charge in [-0.15, -0.1) is 11.3 Å². The van der Waals surface area contributed by atoms with Crippen molar-refractivity contribution in [3.63, 3.8) is 0 Å². The number of hydrogen-bond acceptors (Lipinski definition) is 6. The average Bonchev–Trinajstić information content (AvgIpc) is 3.08. The van der Waals surface area contributed by atoms with Crippen LogP contribution in [0, 0.1) is 20.8 Å². The lowest BCUT2D eigenvalue weighted by molar-refractivity contribution is -0.132. The highest BCUT2D eigenvalue weighted by molar-refractivity contribution is 7.80. The number of ether oxygens (including phenoxy) is 2. The summed E-state index contributed by atoms with van der Waals surface area (Å²) in [6.45, 7) is 9.49. The average molecular weight is 405 g/mol. The highest BCUT2D eigenvalue weighted by Crippen LogP contribution is 2.44. The van der Waals surface area contributed by atoms with Crippen LogP contribution in [0.25, 0.3) is 0 Å². The van der Waals surface area contributed by atoms with Crippen LogP contribution in [-0.2, 0) is 11.2 Å². The molecule has 7 heteroatoms. The first-order valence-electron chi connectivity index (χ1n) is 8.89. The Bertz CT molecular complexity index is 893. The fraction of sp³-hybridized carbons (Fsp3) is 0.450. The maximum Gasteiger partial charge on any atom is 0.308 e. The molecule has 1 aromatic carbocycles. The zero-order valence-electron chi connectivity index (χ0n) is 16.3. The van der Waals surface area contributed by atoms with E-state index in [4.69, 9.17) is 21.7 Å². The SMILES string of the molecule is CC(=O)Oc1c(C)c(C)c2c(c1C)CCC(C)(CC(=S)Nc1nccs1)O2. The Kier molecular flexibility index (Phi) is 5.53. The standard InChI is InChI=1S/C20H24N2O3S2/c1-11-12(2)18-15(13(3)17(11)24-14(4)23)6-7-20(5,25-18)10-16(26)22-19-21-8-9-27-19/h8-9H,6-7,10H2,1-5H3,(H,21,22,26). The maximum atomic E-state index is 11.5. The second-order valence-electron chi connectivity index (χ2n) is 7.22. The van der Waals surface area contributed by atoms with Crippen LogP contribution in [0.5, 0.6) is 11.5 Å². The summed E-state index contributed by atoms with van der Waals surface area (Å²) in [7, 11) is 0. The predicted octanol–water partition coefficient (Wildman–Crippen LogP) is 4.91. The van der Waals surface area contributed by atoms with Crippen molar-refractivity contribution in [1.82, 2.24) is 4.98 Å². The van der Waals surface area contributed by atoms with Gasteiger partial charge in [0.05, 0.1) is 4.99 Å². The van der Waals surface area contributed by atoms with Gasteiger partial charge >= 0.3 is 5.97 Å². The van der Waals surface area contributed by atoms with Crippen LogP contribution in [0.3, 0.4) is 0 Å². The van der Waals surface area contributed by atoms with Crippen LogP contribution in [0.4, 0.5) is 5.13 Å². The molecular formula is C20H24N2O3S2. The molecule has 0 fully saturated rings. The maximum absolute atomic E-state index is 11.5. The Morgan fingerprint density at radius 2 is 2.11 bits per heavy atom. The van der Waals surface area contributed by atoms with Crippen molar-refractivity contribution in [2.45, 2.75) is 59.5 Å². The molecule has 0 amide bonds. The number of anilines is 1. The number of carbonyl (C=O) groups excluding carboxylic acids is 1. The molecule has 2 aromatic rings. The minimum Gasteiger partial charge on any atom is -0.487 e. The molecule has 3 rings (SSSR count). The Labute approximate surface area is 169 Å². The van der Waals surface area contributed by atoms with Gasteiger partial charge in [-0.05, 0) is 57.2 Å². The summed E-state index contributed by atoms with van der Waals surface area (Å²) in [6, 6.07) is 0. The van der Waals surface area contributed by atoms with Gasteiger partial charge in [0.25, 0.3) is 0 Å². The first-order chi connectivity index (χ1) is 12.7. The van der Waals surface area contributed by atoms with E-state index in [-0.39, 0.29) is 11.6 Å². The molecule has 1 unspecified atom stereocenters. The highest BCUT2D eigenvalue weighted by Gasteiger charge is 2.36. The number of nitrogens with one attached hydrogen (secondary N) is 1. The number of carbonyl (C=O) groups is 1. The summed E-state index contributed by atoms with van der Waals surface area (Å²) < 4.78 is 11.9. The smallest absolute Gasteiger partial charge is 0.308 e. The fourth-order valence-electron chi connectivity index (χ4n) is 3.49. The van der Waals surface area contributed by atoms with Crippen molar-refractivity contribution in [3.8, 4) is 11.5 Å². The summed E-state index contributed by atoms with van der Waals surface area (Å²) in [6.07, 6.45) is 4.06. The minimum atomic E-state index is -0.388. The minimum absolute atomic E-state index is 0.305. The third-order valence-electron chi connectivity index (χ3n) is 5.02. The van der Waals surface area contributed by atoms with E-state index in [1.807, 2.05) is 26.2 Å². The summed E-state index contributed by atoms with van der Waals surface area (Å²) in [5.41, 5.74) is 3.66. The Balaban J connectivity index is 1.85. The van der Waals surface area contributed by atoms with E-state index in [1.54, 1.807) is 6.20 Å². The van der Waals surface area contributed by atoms with Gasteiger partial charge in [0.1, 0.15) is 17.1 Å². The number of nitrogens with zero attached hydrogens (tertiary/aromatic N) is 1. The van der Waals surface area contributed by atoms with Crippen molar-refractivity contribution >= 4 is 39.6 Å². The van der Waals surface area contributed by atoms with E-state index >= 15 is 0 Å². The zero-order chi connectivity index (χ0) is 19.8. The quantitative estimate of drug-likeness (QED) is 0.444. The largest absolute Gasteiger partial charge is 0.487 e. The van der Waals surface area contributed by atoms with Gasteiger partial charge in [-0.2, -0.15) is 0 Å². The van der Waals surface area contributed by atoms with E-state index in [0.29, 0.717) is 12.2 Å². The normalized spacial score (nSPS) is 18.4. The molecule has 0 spiro atoms. The molecule has 1 aliphatic heterocycles. The number of thiocarbonyl (C=S) groups is 1. The molecule has 5 nitrogen and oxygen atoms in total. The van der Waals surface area contributed by atoms with Crippen LogP contribution in [0.1, 0.15) is 48.9 Å². The Morgan fingerprint density at radius 1 is 1.37 bits per heavy atom. The lowest BCUT2D eigenvalue weighted by Gasteiger charge is -2.38. The third-order valence-corrected chi connectivity index (χ3v) is 5.96. The molecule has 144 valence electrons. The van der Waals surface area contributed by atoms with E-state index in [1.165, 1.54) is 18.3 Å². The molecule has 1 N–H and O–H groups in total. The molecule has 0 bridgehead atoms. The second kappa shape index (κ2) is 7.56. The molecular weight excluding hydrogens is 380 g/mol. The van der Waals surface area contributed by atoms with Crippen LogP contribution in [-0.4, -0.2) is 21.5 Å². The van der Waals surface area contributed by atoms with E-state index in [2.05, 4.69) is 17.2 Å². The molecule has 0 aliphatic carbocycles. The van der Waals surface area contributed by atoms with Gasteiger partial charge in [0.2, 0.25) is 0 Å². The Morgan fingerprint density at radius 3 is 2.74 bits per heavy atom. The van der Waals surface area contributed by atoms with E-state index in [0.717, 1.165) is 51.0 Å². The third kappa shape index (κ3) is 4.14. The molecule has 1 aromatic heterocycles. The van der Waals surface area contributed by atoms with Crippen LogP contribution in [0.2, 0.25) is 0 Å². The molecule has 1 aliphatic rings. The molecule has 1 atom stereocenters. The van der Waals surface area contributed by atoms with Crippen molar-refractivity contribution in [2.75, 3.05) is 5.32 Å². The lowest BCUT2D eigenvalue weighted by Crippen LogP contribution is -2.40. The summed E-state index contributed by atoms with van der Waals surface area (Å²) in [5.74, 6) is 1.25. The zero-order valence-corrected chi connectivity index (χ0v) is 17.9. The molecule has 0 saturated carbocycles. The fourth-order valence-corrected chi connectivity index (χ4v) is 4.51. The first kappa shape index (κ1) is 19.8. The van der Waals surface area contributed by atoms with Gasteiger partial charge in [-0.3, -0.25) is 4.79 Å². The van der Waals surface area contributed by atoms with Crippen LogP contribution in [0.15, 0.2) is 11.6 Å². The number of esters is 1. The predicted molar refractivity (Wildman–Crippen MR) is 112 cm³/mol. The number of fused-ring (bicyclic) bond motifs is 1. The topological polar surface area (TPSA) is 60.5 Å². The van der Waals surface area contributed by atoms with Crippen molar-refractivity contribution < 1.29 is 14.3 Å². The lowest BCUT2D eigenvalue weighted by atomic mass is 9.85. The molecule has 27 heavy (non-hydrogen) atoms. The number of rotatable bonds is 4. The monoisotopic (exact) mass is 404 g/mol. The highest BCUT2D eigenvalue weighted by atomic mass is 32.1. The molecule has 0 saturated heterocycles. The molecule has 0 radical (unpaired) electrons. The number of thiazole rings is 1. The van der Waals surface area contributed by atoms with Crippen molar-refractivity contribution in [1.29, 1.82) is 0 Å². The van der Waals surface area contributed by atoms with E-state index < -0.39 is 0 Å². The van der Waals surface area contributed by atoms with Gasteiger partial charge in [0.15, 0.2) is 5.13 Å². The van der Waals surface area contributed by atoms with Gasteiger partial charge < -0.3 is 14.8 Å². The summed E-state index contributed by atoms with van der Waals surface area (Å²) >= 11 is 7.05. The molecule has 2 heterocycles. The Hall–Kier alpha value is -1.99. The van der Waals surface area contributed by atoms with Gasteiger partial charge in [0, 0.05) is 30.5 Å². The first-order valence-corrected chi connectivity index (χ1v) is 10.2. The van der Waals surface area contributed by atoms with Gasteiger partial charge in [-0.25, -0.2) is 4.98 Å². The number of aromatic nitrogens is 1. The van der Waals surface area contributed by atoms with Crippen LogP contribution < -0.4 is 14.8 Å². The number of hydrogen-bond donors (Lipinski definition) is 1. The second-order valence-corrected chi connectivity index (χ2v) is 8.61.